The van der Waals surface area contributed by atoms with Gasteiger partial charge in [-0.25, -0.2) is 0 Å². The van der Waals surface area contributed by atoms with E-state index in [0.717, 1.165) is 25.7 Å². The maximum atomic E-state index is 11.3. The first-order chi connectivity index (χ1) is 7.13. The second-order valence-electron chi connectivity index (χ2n) is 4.36. The van der Waals surface area contributed by atoms with E-state index in [1.807, 2.05) is 7.05 Å². The molecule has 1 saturated carbocycles. The van der Waals surface area contributed by atoms with Gasteiger partial charge in [-0.2, -0.15) is 0 Å². The Morgan fingerprint density at radius 1 is 1.33 bits per heavy atom. The normalized spacial score (nSPS) is 26.3. The van der Waals surface area contributed by atoms with Crippen molar-refractivity contribution in [3.63, 3.8) is 0 Å². The van der Waals surface area contributed by atoms with Gasteiger partial charge >= 0.3 is 0 Å². The monoisotopic (exact) mass is 214 g/mol. The fourth-order valence-corrected chi connectivity index (χ4v) is 1.84. The molecule has 0 bridgehead atoms. The Balaban J connectivity index is 2.16. The van der Waals surface area contributed by atoms with Crippen molar-refractivity contribution in [3.8, 4) is 0 Å². The fourth-order valence-electron chi connectivity index (χ4n) is 1.84. The molecule has 4 nitrogen and oxygen atoms in total. The van der Waals surface area contributed by atoms with E-state index in [0.29, 0.717) is 6.04 Å². The van der Waals surface area contributed by atoms with Gasteiger partial charge < -0.3 is 15.0 Å². The average Bonchev–Trinajstić information content (AvgIpc) is 2.26. The van der Waals surface area contributed by atoms with E-state index >= 15 is 0 Å². The van der Waals surface area contributed by atoms with Crippen LogP contribution in [0.1, 0.15) is 25.7 Å². The second kappa shape index (κ2) is 6.08. The molecule has 0 spiro atoms. The predicted octanol–water partition coefficient (Wildman–Crippen LogP) is 0.622. The lowest BCUT2D eigenvalue weighted by molar-refractivity contribution is -0.136. The van der Waals surface area contributed by atoms with Crippen LogP contribution in [-0.4, -0.2) is 50.7 Å². The summed E-state index contributed by atoms with van der Waals surface area (Å²) >= 11 is 0. The molecule has 1 rings (SSSR count). The minimum atomic E-state index is 0.0470. The van der Waals surface area contributed by atoms with Crippen LogP contribution < -0.4 is 5.32 Å². The van der Waals surface area contributed by atoms with Crippen LogP contribution in [0.5, 0.6) is 0 Å². The van der Waals surface area contributed by atoms with Gasteiger partial charge in [0.2, 0.25) is 5.91 Å². The molecule has 0 aromatic heterocycles. The van der Waals surface area contributed by atoms with Crippen molar-refractivity contribution in [2.24, 2.45) is 0 Å². The third-order valence-electron chi connectivity index (χ3n) is 3.02. The molecule has 0 radical (unpaired) electrons. The van der Waals surface area contributed by atoms with Gasteiger partial charge in [0.15, 0.2) is 0 Å². The molecule has 1 amide bonds. The largest absolute Gasteiger partial charge is 0.368 e. The van der Waals surface area contributed by atoms with Crippen LogP contribution >= 0.6 is 0 Å². The van der Waals surface area contributed by atoms with E-state index in [4.69, 9.17) is 4.74 Å². The SMILES string of the molecule is CNC1CCC(OCC(=O)N(C)C)CC1. The fraction of sp³-hybridized carbons (Fsp3) is 0.909. The number of nitrogens with one attached hydrogen (secondary N) is 1. The molecule has 1 N–H and O–H groups in total. The smallest absolute Gasteiger partial charge is 0.248 e. The standard InChI is InChI=1S/C11H22N2O2/c1-12-9-4-6-10(7-5-9)15-8-11(14)13(2)3/h9-10,12H,4-8H2,1-3H3. The Bertz CT molecular complexity index is 199. The lowest BCUT2D eigenvalue weighted by atomic mass is 9.93. The van der Waals surface area contributed by atoms with Crippen LogP contribution in [0.2, 0.25) is 0 Å². The van der Waals surface area contributed by atoms with Gasteiger partial charge in [0.1, 0.15) is 6.61 Å². The van der Waals surface area contributed by atoms with Crippen molar-refractivity contribution < 1.29 is 9.53 Å². The summed E-state index contributed by atoms with van der Waals surface area (Å²) in [6.45, 7) is 0.224. The molecule has 0 saturated heterocycles. The number of likely N-dealkylation sites (N-methyl/N-ethyl adjacent to an activating group) is 1. The lowest BCUT2D eigenvalue weighted by Gasteiger charge is -2.28. The zero-order chi connectivity index (χ0) is 11.3. The molecule has 0 aromatic rings. The lowest BCUT2D eigenvalue weighted by Crippen LogP contribution is -2.35. The molecule has 1 aliphatic rings. The first-order valence-corrected chi connectivity index (χ1v) is 5.62. The summed E-state index contributed by atoms with van der Waals surface area (Å²) in [6, 6.07) is 0.634. The highest BCUT2D eigenvalue weighted by atomic mass is 16.5. The number of nitrogens with zero attached hydrogens (tertiary/aromatic N) is 1. The zero-order valence-corrected chi connectivity index (χ0v) is 9.95. The highest BCUT2D eigenvalue weighted by Crippen LogP contribution is 2.20. The van der Waals surface area contributed by atoms with Crippen LogP contribution in [0, 0.1) is 0 Å². The molecule has 0 atom stereocenters. The van der Waals surface area contributed by atoms with Gasteiger partial charge in [0.05, 0.1) is 6.10 Å². The molecule has 0 heterocycles. The van der Waals surface area contributed by atoms with E-state index in [1.54, 1.807) is 19.0 Å². The summed E-state index contributed by atoms with van der Waals surface area (Å²) in [6.07, 6.45) is 4.70. The van der Waals surface area contributed by atoms with Crippen LogP contribution in [0.25, 0.3) is 0 Å². The second-order valence-corrected chi connectivity index (χ2v) is 4.36. The van der Waals surface area contributed by atoms with Crippen LogP contribution in [0.4, 0.5) is 0 Å². The zero-order valence-electron chi connectivity index (χ0n) is 9.95. The van der Waals surface area contributed by atoms with E-state index in [1.165, 1.54) is 0 Å². The van der Waals surface area contributed by atoms with Gasteiger partial charge in [-0.05, 0) is 32.7 Å². The summed E-state index contributed by atoms with van der Waals surface area (Å²) in [4.78, 5) is 12.9. The van der Waals surface area contributed by atoms with Crippen LogP contribution in [0.15, 0.2) is 0 Å². The van der Waals surface area contributed by atoms with Gasteiger partial charge in [0.25, 0.3) is 0 Å². The summed E-state index contributed by atoms with van der Waals surface area (Å²) in [5.41, 5.74) is 0. The third kappa shape index (κ3) is 4.18. The Morgan fingerprint density at radius 3 is 2.40 bits per heavy atom. The maximum absolute atomic E-state index is 11.3. The molecular formula is C11H22N2O2. The van der Waals surface area contributed by atoms with Gasteiger partial charge in [0, 0.05) is 20.1 Å². The maximum Gasteiger partial charge on any atom is 0.248 e. The topological polar surface area (TPSA) is 41.6 Å². The minimum Gasteiger partial charge on any atom is -0.368 e. The van der Waals surface area contributed by atoms with Crippen LogP contribution in [-0.2, 0) is 9.53 Å². The molecule has 0 aliphatic heterocycles. The van der Waals surface area contributed by atoms with Gasteiger partial charge in [-0.15, -0.1) is 0 Å². The molecular weight excluding hydrogens is 192 g/mol. The highest BCUT2D eigenvalue weighted by Gasteiger charge is 2.21. The first-order valence-electron chi connectivity index (χ1n) is 5.62. The quantitative estimate of drug-likeness (QED) is 0.746. The molecule has 15 heavy (non-hydrogen) atoms. The summed E-state index contributed by atoms with van der Waals surface area (Å²) < 4.78 is 5.58. The van der Waals surface area contributed by atoms with Gasteiger partial charge in [-0.1, -0.05) is 0 Å². The van der Waals surface area contributed by atoms with Crippen molar-refractivity contribution in [2.75, 3.05) is 27.7 Å². The van der Waals surface area contributed by atoms with Crippen molar-refractivity contribution in [3.05, 3.63) is 0 Å². The Labute approximate surface area is 92.0 Å². The Hall–Kier alpha value is -0.610. The Morgan fingerprint density at radius 2 is 1.93 bits per heavy atom. The van der Waals surface area contributed by atoms with Crippen molar-refractivity contribution in [2.45, 2.75) is 37.8 Å². The predicted molar refractivity (Wildman–Crippen MR) is 59.7 cm³/mol. The number of hydrogen-bond acceptors (Lipinski definition) is 3. The number of ether oxygens (including phenoxy) is 1. The van der Waals surface area contributed by atoms with Crippen molar-refractivity contribution in [1.82, 2.24) is 10.2 Å². The minimum absolute atomic E-state index is 0.0470. The number of hydrogen-bond donors (Lipinski definition) is 1. The van der Waals surface area contributed by atoms with E-state index in [-0.39, 0.29) is 18.6 Å². The Kier molecular flexibility index (Phi) is 5.05. The number of carbonyl (C=O) groups is 1. The summed E-state index contributed by atoms with van der Waals surface area (Å²) in [5.74, 6) is 0.0470. The average molecular weight is 214 g/mol. The first kappa shape index (κ1) is 12.5. The van der Waals surface area contributed by atoms with Gasteiger partial charge in [-0.3, -0.25) is 4.79 Å². The molecule has 1 aliphatic carbocycles. The van der Waals surface area contributed by atoms with E-state index in [9.17, 15) is 4.79 Å². The number of rotatable bonds is 4. The number of carbonyl (C=O) groups excluding carboxylic acids is 1. The molecule has 88 valence electrons. The summed E-state index contributed by atoms with van der Waals surface area (Å²) in [7, 11) is 5.51. The molecule has 4 heteroatoms. The third-order valence-corrected chi connectivity index (χ3v) is 3.02. The highest BCUT2D eigenvalue weighted by molar-refractivity contribution is 5.76. The molecule has 0 unspecified atom stereocenters. The van der Waals surface area contributed by atoms with Crippen molar-refractivity contribution in [1.29, 1.82) is 0 Å². The number of amides is 1. The van der Waals surface area contributed by atoms with E-state index in [2.05, 4.69) is 5.32 Å². The van der Waals surface area contributed by atoms with Crippen molar-refractivity contribution >= 4 is 5.91 Å². The molecule has 1 fully saturated rings. The van der Waals surface area contributed by atoms with E-state index < -0.39 is 0 Å². The molecule has 0 aromatic carbocycles. The van der Waals surface area contributed by atoms with Crippen LogP contribution in [0.3, 0.4) is 0 Å². The summed E-state index contributed by atoms with van der Waals surface area (Å²) in [5, 5.41) is 3.28.